The van der Waals surface area contributed by atoms with Crippen LogP contribution in [0.4, 0.5) is 0 Å². The largest absolute Gasteiger partial charge is 0.375 e. The molecule has 0 unspecified atom stereocenters. The number of likely N-dealkylation sites (tertiary alicyclic amines) is 1. The van der Waals surface area contributed by atoms with Gasteiger partial charge in [-0.15, -0.1) is 0 Å². The lowest BCUT2D eigenvalue weighted by Crippen LogP contribution is -2.58. The minimum absolute atomic E-state index is 0.0386. The number of piperidine rings is 1. The zero-order valence-electron chi connectivity index (χ0n) is 16.1. The lowest BCUT2D eigenvalue weighted by Gasteiger charge is -2.50. The topological polar surface area (TPSA) is 85.2 Å². The molecule has 2 aliphatic rings. The van der Waals surface area contributed by atoms with E-state index in [0.717, 1.165) is 50.3 Å². The number of fused-ring (bicyclic) bond motifs is 2. The number of hydrogen-bond donors (Lipinski definition) is 1. The van der Waals surface area contributed by atoms with Crippen LogP contribution in [-0.2, 0) is 28.0 Å². The number of nitrogens with one attached hydrogen (secondary N) is 1. The van der Waals surface area contributed by atoms with Crippen LogP contribution < -0.4 is 0 Å². The molecule has 0 bridgehead atoms. The summed E-state index contributed by atoms with van der Waals surface area (Å²) in [6, 6.07) is 9.92. The minimum atomic E-state index is -0.343. The Morgan fingerprint density at radius 2 is 2.04 bits per heavy atom. The number of aromatic amines is 1. The van der Waals surface area contributed by atoms with Gasteiger partial charge in [-0.1, -0.05) is 12.1 Å². The fourth-order valence-electron chi connectivity index (χ4n) is 4.57. The van der Waals surface area contributed by atoms with E-state index in [0.29, 0.717) is 12.1 Å². The highest BCUT2D eigenvalue weighted by atomic mass is 16.5. The molecule has 0 atom stereocenters. The van der Waals surface area contributed by atoms with E-state index in [1.165, 1.54) is 5.56 Å². The van der Waals surface area contributed by atoms with Crippen molar-refractivity contribution < 1.29 is 9.53 Å². The van der Waals surface area contributed by atoms with Gasteiger partial charge in [0.1, 0.15) is 6.61 Å². The highest BCUT2D eigenvalue weighted by Gasteiger charge is 2.48. The Morgan fingerprint density at radius 3 is 2.71 bits per heavy atom. The number of carbonyl (C=O) groups excluding carboxylic acids is 1. The molecule has 4 rings (SSSR count). The van der Waals surface area contributed by atoms with E-state index in [1.54, 1.807) is 13.4 Å². The number of rotatable bonds is 4. The first-order valence-corrected chi connectivity index (χ1v) is 9.70. The van der Waals surface area contributed by atoms with Gasteiger partial charge in [-0.3, -0.25) is 9.69 Å². The summed E-state index contributed by atoms with van der Waals surface area (Å²) in [5, 5.41) is 8.95. The highest BCUT2D eigenvalue weighted by Crippen LogP contribution is 2.42. The van der Waals surface area contributed by atoms with Gasteiger partial charge in [-0.2, -0.15) is 5.26 Å². The average molecular weight is 379 g/mol. The number of H-pyrrole nitrogens is 1. The summed E-state index contributed by atoms with van der Waals surface area (Å²) in [4.78, 5) is 25.0. The molecular formula is C21H25N5O2. The molecule has 0 saturated carbocycles. The Labute approximate surface area is 164 Å². The normalized spacial score (nSPS) is 18.6. The maximum absolute atomic E-state index is 12.8. The van der Waals surface area contributed by atoms with Crippen LogP contribution in [0.15, 0.2) is 30.6 Å². The molecule has 1 saturated heterocycles. The zero-order valence-corrected chi connectivity index (χ0v) is 16.1. The molecule has 0 radical (unpaired) electrons. The number of amides is 1. The minimum Gasteiger partial charge on any atom is -0.375 e. The number of aromatic nitrogens is 2. The smallest absolute Gasteiger partial charge is 0.249 e. The Balaban J connectivity index is 1.51. The van der Waals surface area contributed by atoms with E-state index in [4.69, 9.17) is 10.00 Å². The van der Waals surface area contributed by atoms with Crippen molar-refractivity contribution in [3.63, 3.8) is 0 Å². The summed E-state index contributed by atoms with van der Waals surface area (Å²) in [5.41, 5.74) is 3.72. The molecule has 28 heavy (non-hydrogen) atoms. The molecule has 146 valence electrons. The predicted octanol–water partition coefficient (Wildman–Crippen LogP) is 1.80. The third-order valence-electron chi connectivity index (χ3n) is 6.00. The van der Waals surface area contributed by atoms with Crippen LogP contribution in [0.3, 0.4) is 0 Å². The number of imidazole rings is 1. The third kappa shape index (κ3) is 3.30. The van der Waals surface area contributed by atoms with Gasteiger partial charge < -0.3 is 14.6 Å². The van der Waals surface area contributed by atoms with Crippen LogP contribution in [0.5, 0.6) is 0 Å². The van der Waals surface area contributed by atoms with Crippen molar-refractivity contribution >= 4 is 5.91 Å². The first kappa shape index (κ1) is 18.7. The number of hydrogen-bond acceptors (Lipinski definition) is 5. The van der Waals surface area contributed by atoms with E-state index in [9.17, 15) is 4.79 Å². The summed E-state index contributed by atoms with van der Waals surface area (Å²) in [6.45, 7) is 3.44. The number of nitriles is 1. The summed E-state index contributed by atoms with van der Waals surface area (Å²) in [5.74, 6) is 0.0386. The molecule has 1 fully saturated rings. The van der Waals surface area contributed by atoms with E-state index in [1.807, 2.05) is 29.2 Å². The predicted molar refractivity (Wildman–Crippen MR) is 103 cm³/mol. The second kappa shape index (κ2) is 7.74. The Bertz CT molecular complexity index is 875. The molecule has 7 heteroatoms. The van der Waals surface area contributed by atoms with E-state index in [-0.39, 0.29) is 18.1 Å². The van der Waals surface area contributed by atoms with Gasteiger partial charge in [-0.25, -0.2) is 4.98 Å². The third-order valence-corrected chi connectivity index (χ3v) is 6.00. The molecule has 1 N–H and O–H groups in total. The first-order chi connectivity index (χ1) is 13.7. The molecule has 7 nitrogen and oxygen atoms in total. The van der Waals surface area contributed by atoms with Crippen molar-refractivity contribution in [2.45, 2.75) is 31.3 Å². The maximum Gasteiger partial charge on any atom is 0.249 e. The molecule has 2 aromatic rings. The van der Waals surface area contributed by atoms with Crippen LogP contribution in [0.25, 0.3) is 0 Å². The van der Waals surface area contributed by atoms with Crippen LogP contribution in [-0.4, -0.2) is 59.0 Å². The van der Waals surface area contributed by atoms with Gasteiger partial charge in [0, 0.05) is 45.4 Å². The Morgan fingerprint density at radius 1 is 1.29 bits per heavy atom. The van der Waals surface area contributed by atoms with Crippen molar-refractivity contribution in [2.24, 2.45) is 0 Å². The first-order valence-electron chi connectivity index (χ1n) is 9.70. The molecule has 0 aliphatic carbocycles. The van der Waals surface area contributed by atoms with Gasteiger partial charge in [0.15, 0.2) is 0 Å². The van der Waals surface area contributed by atoms with Gasteiger partial charge >= 0.3 is 0 Å². The number of methoxy groups -OCH3 is 1. The summed E-state index contributed by atoms with van der Waals surface area (Å²) < 4.78 is 5.13. The Kier molecular flexibility index (Phi) is 5.16. The van der Waals surface area contributed by atoms with Gasteiger partial charge in [0.05, 0.1) is 29.2 Å². The van der Waals surface area contributed by atoms with Crippen molar-refractivity contribution in [2.75, 3.05) is 33.4 Å². The molecule has 1 aromatic carbocycles. The SMILES string of the molecule is COCC(=O)N1CCc2[nH]cnc2C12CCN(Cc1ccc(C#N)cc1)CC2. The van der Waals surface area contributed by atoms with E-state index in [2.05, 4.69) is 20.9 Å². The quantitative estimate of drug-likeness (QED) is 0.876. The summed E-state index contributed by atoms with van der Waals surface area (Å²) in [6.07, 6.45) is 4.27. The van der Waals surface area contributed by atoms with Gasteiger partial charge in [-0.05, 0) is 30.5 Å². The number of ether oxygens (including phenoxy) is 1. The zero-order chi connectivity index (χ0) is 19.6. The molecule has 1 aromatic heterocycles. The summed E-state index contributed by atoms with van der Waals surface area (Å²) in [7, 11) is 1.56. The maximum atomic E-state index is 12.8. The fourth-order valence-corrected chi connectivity index (χ4v) is 4.57. The van der Waals surface area contributed by atoms with Crippen molar-refractivity contribution in [3.05, 3.63) is 53.1 Å². The van der Waals surface area contributed by atoms with Crippen molar-refractivity contribution in [1.82, 2.24) is 19.8 Å². The highest BCUT2D eigenvalue weighted by molar-refractivity contribution is 5.79. The Hall–Kier alpha value is -2.69. The van der Waals surface area contributed by atoms with Crippen molar-refractivity contribution in [3.8, 4) is 6.07 Å². The molecule has 2 aliphatic heterocycles. The van der Waals surface area contributed by atoms with Crippen LogP contribution in [0, 0.1) is 11.3 Å². The van der Waals surface area contributed by atoms with Crippen LogP contribution >= 0.6 is 0 Å². The molecule has 1 amide bonds. The lowest BCUT2D eigenvalue weighted by molar-refractivity contribution is -0.146. The van der Waals surface area contributed by atoms with Crippen LogP contribution in [0.1, 0.15) is 35.4 Å². The number of nitrogens with zero attached hydrogens (tertiary/aromatic N) is 4. The van der Waals surface area contributed by atoms with E-state index < -0.39 is 0 Å². The molecule has 3 heterocycles. The van der Waals surface area contributed by atoms with Crippen LogP contribution in [0.2, 0.25) is 0 Å². The molecular weight excluding hydrogens is 354 g/mol. The van der Waals surface area contributed by atoms with E-state index >= 15 is 0 Å². The second-order valence-corrected chi connectivity index (χ2v) is 7.57. The standard InChI is InChI=1S/C21H25N5O2/c1-28-14-19(27)26-9-6-18-20(24-15-23-18)21(26)7-10-25(11-8-21)13-17-4-2-16(12-22)3-5-17/h2-5,15H,6-11,13-14H2,1H3,(H,23,24). The van der Waals surface area contributed by atoms with Gasteiger partial charge in [0.2, 0.25) is 5.91 Å². The molecule has 1 spiro atoms. The second-order valence-electron chi connectivity index (χ2n) is 7.57. The summed E-state index contributed by atoms with van der Waals surface area (Å²) >= 11 is 0. The fraction of sp³-hybridized carbons (Fsp3) is 0.476. The van der Waals surface area contributed by atoms with Crippen molar-refractivity contribution in [1.29, 1.82) is 5.26 Å². The average Bonchev–Trinajstić information content (AvgIpc) is 3.21. The van der Waals surface area contributed by atoms with Gasteiger partial charge in [0.25, 0.3) is 0 Å². The lowest BCUT2D eigenvalue weighted by atomic mass is 9.78. The number of carbonyl (C=O) groups is 1. The number of benzene rings is 1. The monoisotopic (exact) mass is 379 g/mol.